The lowest BCUT2D eigenvalue weighted by atomic mass is 9.43. The number of rotatable bonds is 6. The Morgan fingerprint density at radius 2 is 1.40 bits per heavy atom. The molecule has 0 saturated heterocycles. The van der Waals surface area contributed by atoms with Gasteiger partial charge in [0.15, 0.2) is 0 Å². The molecule has 0 amide bonds. The predicted molar refractivity (Wildman–Crippen MR) is 156 cm³/mol. The lowest BCUT2D eigenvalue weighted by molar-refractivity contribution is -0.0735. The normalized spacial score (nSPS) is 34.1. The maximum atomic E-state index is 4.96. The second-order valence-corrected chi connectivity index (χ2v) is 19.5. The van der Waals surface area contributed by atoms with Crippen molar-refractivity contribution in [2.24, 2.45) is 29.1 Å². The van der Waals surface area contributed by atoms with Crippen LogP contribution in [0.1, 0.15) is 43.5 Å². The molecular weight excluding hydrogens is 478 g/mol. The fourth-order valence-corrected chi connectivity index (χ4v) is 11.2. The van der Waals surface area contributed by atoms with Crippen LogP contribution in [-0.4, -0.2) is 24.2 Å². The van der Waals surface area contributed by atoms with E-state index in [0.717, 1.165) is 35.1 Å². The highest BCUT2D eigenvalue weighted by Crippen LogP contribution is 2.69. The van der Waals surface area contributed by atoms with Crippen molar-refractivity contribution in [1.29, 1.82) is 0 Å². The van der Waals surface area contributed by atoms with Gasteiger partial charge in [-0.25, -0.2) is 0 Å². The number of pyridine rings is 2. The van der Waals surface area contributed by atoms with Crippen LogP contribution in [0.3, 0.4) is 0 Å². The Morgan fingerprint density at radius 1 is 0.857 bits per heavy atom. The van der Waals surface area contributed by atoms with Crippen LogP contribution < -0.4 is 0 Å². The molecule has 0 aromatic carbocycles. The van der Waals surface area contributed by atoms with E-state index in [9.17, 15) is 0 Å². The second-order valence-electron chi connectivity index (χ2n) is 12.8. The zero-order valence-corrected chi connectivity index (χ0v) is 24.8. The molecule has 5 aliphatic rings. The standard InChI is InChI=1S/C30H40N2P2Si/c1-35(2,3)24-17-25(29(19-33)22-13-20-12-21(15-22)16-23(29)14-20)26(18-24)30(34,27-8-4-6-10-31-27)28-9-5-7-11-32-28/h4-11,17-18,20-24H,12-16,19,33-34H2,1-3H3. The molecule has 2 heterocycles. The summed E-state index contributed by atoms with van der Waals surface area (Å²) in [5.74, 6) is 3.56. The highest BCUT2D eigenvalue weighted by Gasteiger charge is 2.60. The van der Waals surface area contributed by atoms with Crippen molar-refractivity contribution >= 4 is 26.6 Å². The van der Waals surface area contributed by atoms with Gasteiger partial charge < -0.3 is 0 Å². The maximum Gasteiger partial charge on any atom is 0.0932 e. The highest BCUT2D eigenvalue weighted by atomic mass is 31.0. The van der Waals surface area contributed by atoms with Crippen LogP contribution in [0.25, 0.3) is 0 Å². The summed E-state index contributed by atoms with van der Waals surface area (Å²) in [7, 11) is 5.05. The van der Waals surface area contributed by atoms with E-state index in [1.807, 2.05) is 24.5 Å². The van der Waals surface area contributed by atoms with Crippen LogP contribution >= 0.6 is 18.5 Å². The van der Waals surface area contributed by atoms with Gasteiger partial charge in [0.05, 0.1) is 24.6 Å². The first-order valence-electron chi connectivity index (χ1n) is 13.5. The number of allylic oxidation sites excluding steroid dienone is 4. The van der Waals surface area contributed by atoms with Crippen molar-refractivity contribution in [3.63, 3.8) is 0 Å². The van der Waals surface area contributed by atoms with Gasteiger partial charge in [-0.3, -0.25) is 9.97 Å². The first-order chi connectivity index (χ1) is 16.8. The van der Waals surface area contributed by atoms with E-state index < -0.39 is 13.2 Å². The van der Waals surface area contributed by atoms with Crippen molar-refractivity contribution in [2.75, 3.05) is 6.16 Å². The summed E-state index contributed by atoms with van der Waals surface area (Å²) >= 11 is 0. The van der Waals surface area contributed by atoms with Crippen LogP contribution in [0.4, 0.5) is 0 Å². The number of aromatic nitrogens is 2. The van der Waals surface area contributed by atoms with E-state index in [4.69, 9.17) is 9.97 Å². The van der Waals surface area contributed by atoms with Gasteiger partial charge in [0.25, 0.3) is 0 Å². The van der Waals surface area contributed by atoms with Crippen LogP contribution in [0.15, 0.2) is 72.1 Å². The van der Waals surface area contributed by atoms with Gasteiger partial charge in [0, 0.05) is 17.8 Å². The lowest BCUT2D eigenvalue weighted by Gasteiger charge is -2.62. The molecule has 3 unspecified atom stereocenters. The quantitative estimate of drug-likeness (QED) is 0.293. The topological polar surface area (TPSA) is 25.8 Å². The third-order valence-electron chi connectivity index (χ3n) is 9.98. The molecule has 7 rings (SSSR count). The molecule has 4 saturated carbocycles. The van der Waals surface area contributed by atoms with Crippen molar-refractivity contribution < 1.29 is 0 Å². The molecule has 0 radical (unpaired) electrons. The minimum absolute atomic E-state index is 0.268. The summed E-state index contributed by atoms with van der Waals surface area (Å²) in [6.45, 7) is 7.59. The number of hydrogen-bond acceptors (Lipinski definition) is 2. The molecule has 3 atom stereocenters. The fourth-order valence-electron chi connectivity index (χ4n) is 8.34. The van der Waals surface area contributed by atoms with Gasteiger partial charge >= 0.3 is 0 Å². The highest BCUT2D eigenvalue weighted by molar-refractivity contribution is 7.19. The summed E-state index contributed by atoms with van der Waals surface area (Å²) in [6, 6.07) is 12.7. The number of nitrogens with zero attached hydrogens (tertiary/aromatic N) is 2. The van der Waals surface area contributed by atoms with E-state index >= 15 is 0 Å². The molecule has 5 aliphatic carbocycles. The predicted octanol–water partition coefficient (Wildman–Crippen LogP) is 7.49. The molecule has 0 spiro atoms. The largest absolute Gasteiger partial charge is 0.260 e. The SMILES string of the molecule is C[Si](C)(C)C1C=C(C(P)(c2ccccn2)c2ccccn2)C(C2(CP)C3CC4CC(C3)CC2C4)=C1. The summed E-state index contributed by atoms with van der Waals surface area (Å²) in [5, 5.41) is -0.440. The third-order valence-corrected chi connectivity index (χ3v) is 13.9. The zero-order chi connectivity index (χ0) is 24.4. The fraction of sp³-hybridized carbons (Fsp3) is 0.533. The van der Waals surface area contributed by atoms with Gasteiger partial charge in [-0.15, -0.1) is 18.5 Å². The van der Waals surface area contributed by atoms with Crippen molar-refractivity contribution in [2.45, 2.75) is 62.4 Å². The van der Waals surface area contributed by atoms with Crippen LogP contribution in [0.5, 0.6) is 0 Å². The maximum absolute atomic E-state index is 4.96. The molecule has 35 heavy (non-hydrogen) atoms. The Hall–Kier alpha value is -1.14. The van der Waals surface area contributed by atoms with Gasteiger partial charge in [-0.05, 0) is 103 Å². The van der Waals surface area contributed by atoms with E-state index in [1.54, 1.807) is 5.57 Å². The third kappa shape index (κ3) is 3.71. The molecule has 184 valence electrons. The summed E-state index contributed by atoms with van der Waals surface area (Å²) in [4.78, 5) is 9.91. The first-order valence-corrected chi connectivity index (χ1v) is 18.5. The summed E-state index contributed by atoms with van der Waals surface area (Å²) in [6.07, 6.45) is 17.7. The minimum atomic E-state index is -1.45. The molecule has 2 aromatic rings. The average Bonchev–Trinajstić information content (AvgIpc) is 3.32. The van der Waals surface area contributed by atoms with Crippen LogP contribution in [0, 0.1) is 29.1 Å². The molecule has 4 bridgehead atoms. The van der Waals surface area contributed by atoms with Gasteiger partial charge in [-0.2, -0.15) is 0 Å². The van der Waals surface area contributed by atoms with Crippen molar-refractivity contribution in [3.8, 4) is 0 Å². The average molecular weight is 519 g/mol. The number of hydrogen-bond donors (Lipinski definition) is 0. The molecule has 2 aromatic heterocycles. The minimum Gasteiger partial charge on any atom is -0.260 e. The van der Waals surface area contributed by atoms with Gasteiger partial charge in [0.1, 0.15) is 0 Å². The van der Waals surface area contributed by atoms with Crippen LogP contribution in [-0.2, 0) is 5.16 Å². The monoisotopic (exact) mass is 518 g/mol. The molecule has 5 heteroatoms. The second kappa shape index (κ2) is 8.71. The molecule has 4 fully saturated rings. The van der Waals surface area contributed by atoms with E-state index in [2.05, 4.69) is 74.5 Å². The van der Waals surface area contributed by atoms with Crippen molar-refractivity contribution in [1.82, 2.24) is 9.97 Å². The van der Waals surface area contributed by atoms with Crippen molar-refractivity contribution in [3.05, 3.63) is 83.5 Å². The van der Waals surface area contributed by atoms with Gasteiger partial charge in [-0.1, -0.05) is 43.9 Å². The molecule has 0 aliphatic heterocycles. The zero-order valence-electron chi connectivity index (χ0n) is 21.5. The van der Waals surface area contributed by atoms with E-state index in [1.165, 1.54) is 43.8 Å². The smallest absolute Gasteiger partial charge is 0.0932 e. The first kappa shape index (κ1) is 24.2. The Bertz CT molecular complexity index is 1080. The molecular formula is C30H40N2P2Si. The molecule has 0 N–H and O–H groups in total. The van der Waals surface area contributed by atoms with E-state index in [0.29, 0.717) is 5.54 Å². The molecule has 2 nitrogen and oxygen atoms in total. The summed E-state index contributed by atoms with van der Waals surface area (Å²) in [5.41, 5.74) is 6.11. The summed E-state index contributed by atoms with van der Waals surface area (Å²) < 4.78 is 0. The lowest BCUT2D eigenvalue weighted by Crippen LogP contribution is -2.55. The van der Waals surface area contributed by atoms with E-state index in [-0.39, 0.29) is 5.41 Å². The Kier molecular flexibility index (Phi) is 6.03. The Labute approximate surface area is 217 Å². The Balaban J connectivity index is 1.57. The Morgan fingerprint density at radius 3 is 1.83 bits per heavy atom. The van der Waals surface area contributed by atoms with Gasteiger partial charge in [0.2, 0.25) is 0 Å². The van der Waals surface area contributed by atoms with Crippen LogP contribution in [0.2, 0.25) is 25.2 Å².